The maximum Gasteiger partial charge on any atom is 0.315 e. The molecular weight excluding hydrogens is 291 g/mol. The summed E-state index contributed by atoms with van der Waals surface area (Å²) in [5, 5.41) is 5.66. The number of nitrogens with one attached hydrogen (secondary N) is 2. The van der Waals surface area contributed by atoms with Gasteiger partial charge in [-0.25, -0.2) is 9.18 Å². The van der Waals surface area contributed by atoms with Gasteiger partial charge in [-0.05, 0) is 49.4 Å². The van der Waals surface area contributed by atoms with E-state index in [1.165, 1.54) is 11.6 Å². The third-order valence-electron chi connectivity index (χ3n) is 3.78. The lowest BCUT2D eigenvalue weighted by Gasteiger charge is -2.15. The van der Waals surface area contributed by atoms with Crippen molar-refractivity contribution in [1.29, 1.82) is 0 Å². The number of hydrogen-bond donors (Lipinski definition) is 2. The van der Waals surface area contributed by atoms with Crippen molar-refractivity contribution in [2.75, 3.05) is 0 Å². The van der Waals surface area contributed by atoms with Gasteiger partial charge in [-0.2, -0.15) is 0 Å². The average Bonchev–Trinajstić information content (AvgIpc) is 2.55. The lowest BCUT2D eigenvalue weighted by Crippen LogP contribution is -2.40. The molecule has 0 radical (unpaired) electrons. The Balaban J connectivity index is 1.72. The fourth-order valence-electron chi connectivity index (χ4n) is 2.30. The fourth-order valence-corrected chi connectivity index (χ4v) is 2.30. The molecule has 2 rings (SSSR count). The van der Waals surface area contributed by atoms with Crippen LogP contribution in [-0.4, -0.2) is 12.1 Å². The van der Waals surface area contributed by atoms with Crippen molar-refractivity contribution in [1.82, 2.24) is 10.6 Å². The molecule has 0 aromatic heterocycles. The summed E-state index contributed by atoms with van der Waals surface area (Å²) in [5.74, 6) is -0.249. The Morgan fingerprint density at radius 1 is 1.13 bits per heavy atom. The van der Waals surface area contributed by atoms with Crippen LogP contribution in [0.1, 0.15) is 30.0 Å². The molecule has 0 saturated heterocycles. The molecule has 2 N–H and O–H groups in total. The molecule has 0 unspecified atom stereocenters. The van der Waals surface area contributed by atoms with Gasteiger partial charge >= 0.3 is 6.03 Å². The summed E-state index contributed by atoms with van der Waals surface area (Å²) in [6.07, 6.45) is 1.79. The molecule has 0 aliphatic heterocycles. The van der Waals surface area contributed by atoms with E-state index in [-0.39, 0.29) is 17.9 Å². The topological polar surface area (TPSA) is 41.1 Å². The molecule has 4 heteroatoms. The third kappa shape index (κ3) is 5.74. The van der Waals surface area contributed by atoms with E-state index in [1.54, 1.807) is 13.0 Å². The van der Waals surface area contributed by atoms with Crippen LogP contribution in [0.2, 0.25) is 0 Å². The van der Waals surface area contributed by atoms with Crippen molar-refractivity contribution in [3.8, 4) is 0 Å². The molecule has 0 spiro atoms. The van der Waals surface area contributed by atoms with Gasteiger partial charge in [-0.1, -0.05) is 42.5 Å². The van der Waals surface area contributed by atoms with Gasteiger partial charge in [0, 0.05) is 12.6 Å². The summed E-state index contributed by atoms with van der Waals surface area (Å²) in [5.41, 5.74) is 2.62. The monoisotopic (exact) mass is 314 g/mol. The van der Waals surface area contributed by atoms with Crippen molar-refractivity contribution < 1.29 is 9.18 Å². The van der Waals surface area contributed by atoms with E-state index < -0.39 is 0 Å². The first-order valence-corrected chi connectivity index (χ1v) is 7.88. The molecule has 122 valence electrons. The number of rotatable bonds is 6. The maximum absolute atomic E-state index is 13.4. The number of hydrogen-bond acceptors (Lipinski definition) is 1. The normalized spacial score (nSPS) is 11.8. The van der Waals surface area contributed by atoms with Crippen LogP contribution in [0.5, 0.6) is 0 Å². The summed E-state index contributed by atoms with van der Waals surface area (Å²) in [6, 6.07) is 15.0. The first-order valence-electron chi connectivity index (χ1n) is 7.88. The van der Waals surface area contributed by atoms with Crippen molar-refractivity contribution in [3.05, 3.63) is 71.0 Å². The summed E-state index contributed by atoms with van der Waals surface area (Å²) in [6.45, 7) is 4.01. The summed E-state index contributed by atoms with van der Waals surface area (Å²) >= 11 is 0. The van der Waals surface area contributed by atoms with Gasteiger partial charge in [0.15, 0.2) is 0 Å². The standard InChI is InChI=1S/C19H23FN2O/c1-14-8-10-17(12-18(14)20)13-21-19(23)22-15(2)9-11-16-6-4-3-5-7-16/h3-8,10,12,15H,9,11,13H2,1-2H3,(H2,21,22,23)/t15-/m1/s1. The highest BCUT2D eigenvalue weighted by atomic mass is 19.1. The second kappa shape index (κ2) is 8.32. The lowest BCUT2D eigenvalue weighted by molar-refractivity contribution is 0.237. The van der Waals surface area contributed by atoms with Crippen molar-refractivity contribution >= 4 is 6.03 Å². The van der Waals surface area contributed by atoms with Crippen LogP contribution in [0.4, 0.5) is 9.18 Å². The van der Waals surface area contributed by atoms with E-state index in [0.717, 1.165) is 18.4 Å². The highest BCUT2D eigenvalue weighted by Gasteiger charge is 2.07. The minimum Gasteiger partial charge on any atom is -0.336 e. The predicted molar refractivity (Wildman–Crippen MR) is 90.7 cm³/mol. The molecule has 23 heavy (non-hydrogen) atoms. The van der Waals surface area contributed by atoms with Crippen LogP contribution < -0.4 is 10.6 Å². The highest BCUT2D eigenvalue weighted by molar-refractivity contribution is 5.74. The fraction of sp³-hybridized carbons (Fsp3) is 0.316. The number of carbonyl (C=O) groups is 1. The Labute approximate surface area is 136 Å². The second-order valence-corrected chi connectivity index (χ2v) is 5.84. The molecular formula is C19H23FN2O. The van der Waals surface area contributed by atoms with E-state index in [9.17, 15) is 9.18 Å². The van der Waals surface area contributed by atoms with E-state index >= 15 is 0 Å². The molecule has 0 saturated carbocycles. The van der Waals surface area contributed by atoms with Crippen LogP contribution >= 0.6 is 0 Å². The summed E-state index contributed by atoms with van der Waals surface area (Å²) in [7, 11) is 0. The summed E-state index contributed by atoms with van der Waals surface area (Å²) in [4.78, 5) is 11.9. The molecule has 2 aromatic rings. The van der Waals surface area contributed by atoms with Gasteiger partial charge in [-0.3, -0.25) is 0 Å². The molecule has 1 atom stereocenters. The van der Waals surface area contributed by atoms with Gasteiger partial charge in [0.05, 0.1) is 0 Å². The maximum atomic E-state index is 13.4. The van der Waals surface area contributed by atoms with Crippen molar-refractivity contribution in [3.63, 3.8) is 0 Å². The van der Waals surface area contributed by atoms with Gasteiger partial charge in [0.1, 0.15) is 5.82 Å². The quantitative estimate of drug-likeness (QED) is 0.832. The zero-order valence-corrected chi connectivity index (χ0v) is 13.6. The number of aryl methyl sites for hydroxylation is 2. The molecule has 0 aliphatic carbocycles. The zero-order chi connectivity index (χ0) is 16.7. The second-order valence-electron chi connectivity index (χ2n) is 5.84. The van der Waals surface area contributed by atoms with E-state index in [2.05, 4.69) is 22.8 Å². The van der Waals surface area contributed by atoms with Crippen LogP contribution in [0, 0.1) is 12.7 Å². The zero-order valence-electron chi connectivity index (χ0n) is 13.6. The first-order chi connectivity index (χ1) is 11.0. The summed E-state index contributed by atoms with van der Waals surface area (Å²) < 4.78 is 13.4. The lowest BCUT2D eigenvalue weighted by atomic mass is 10.1. The smallest absolute Gasteiger partial charge is 0.315 e. The molecule has 0 fully saturated rings. The van der Waals surface area contributed by atoms with Crippen molar-refractivity contribution in [2.45, 2.75) is 39.3 Å². The largest absolute Gasteiger partial charge is 0.336 e. The molecule has 2 aromatic carbocycles. The van der Waals surface area contributed by atoms with Crippen LogP contribution in [0.3, 0.4) is 0 Å². The Hall–Kier alpha value is -2.36. The number of amides is 2. The highest BCUT2D eigenvalue weighted by Crippen LogP contribution is 2.09. The molecule has 0 heterocycles. The first kappa shape index (κ1) is 17.0. The van der Waals surface area contributed by atoms with E-state index in [4.69, 9.17) is 0 Å². The number of halogens is 1. The SMILES string of the molecule is Cc1ccc(CNC(=O)N[C@H](C)CCc2ccccc2)cc1F. The molecule has 0 aliphatic rings. The van der Waals surface area contributed by atoms with E-state index in [1.807, 2.05) is 31.2 Å². The van der Waals surface area contributed by atoms with Gasteiger partial charge in [0.2, 0.25) is 0 Å². The molecule has 0 bridgehead atoms. The van der Waals surface area contributed by atoms with Crippen LogP contribution in [0.25, 0.3) is 0 Å². The predicted octanol–water partition coefficient (Wildman–Crippen LogP) is 3.95. The molecule has 3 nitrogen and oxygen atoms in total. The average molecular weight is 314 g/mol. The number of urea groups is 1. The van der Waals surface area contributed by atoms with Crippen LogP contribution in [0.15, 0.2) is 48.5 Å². The Morgan fingerprint density at radius 3 is 2.57 bits per heavy atom. The molecule has 2 amide bonds. The third-order valence-corrected chi connectivity index (χ3v) is 3.78. The van der Waals surface area contributed by atoms with Gasteiger partial charge < -0.3 is 10.6 Å². The van der Waals surface area contributed by atoms with Crippen molar-refractivity contribution in [2.24, 2.45) is 0 Å². The minimum atomic E-state index is -0.249. The van der Waals surface area contributed by atoms with Crippen LogP contribution in [-0.2, 0) is 13.0 Å². The number of benzene rings is 2. The van der Waals surface area contributed by atoms with E-state index in [0.29, 0.717) is 12.1 Å². The van der Waals surface area contributed by atoms with Gasteiger partial charge in [-0.15, -0.1) is 0 Å². The minimum absolute atomic E-state index is 0.0740. The van der Waals surface area contributed by atoms with Gasteiger partial charge in [0.25, 0.3) is 0 Å². The number of carbonyl (C=O) groups excluding carboxylic acids is 1. The Bertz CT molecular complexity index is 643. The Morgan fingerprint density at radius 2 is 1.87 bits per heavy atom. The Kier molecular flexibility index (Phi) is 6.15.